The highest BCUT2D eigenvalue weighted by Crippen LogP contribution is 2.15. The van der Waals surface area contributed by atoms with Crippen LogP contribution in [0.25, 0.3) is 0 Å². The third kappa shape index (κ3) is 4.29. The van der Waals surface area contributed by atoms with E-state index >= 15 is 0 Å². The van der Waals surface area contributed by atoms with Gasteiger partial charge in [-0.15, -0.1) is 0 Å². The number of hydrogen-bond donors (Lipinski definition) is 1. The number of hydrogen-bond acceptors (Lipinski definition) is 2. The zero-order chi connectivity index (χ0) is 18.7. The molecule has 4 nitrogen and oxygen atoms in total. The Balaban J connectivity index is 1.85. The molecule has 1 amide bonds. The van der Waals surface area contributed by atoms with E-state index in [1.807, 2.05) is 50.2 Å². The van der Waals surface area contributed by atoms with Crippen molar-refractivity contribution in [2.75, 3.05) is 5.32 Å². The van der Waals surface area contributed by atoms with E-state index in [1.165, 1.54) is 6.07 Å². The van der Waals surface area contributed by atoms with Crippen LogP contribution in [0.1, 0.15) is 27.0 Å². The molecule has 1 heterocycles. The van der Waals surface area contributed by atoms with Crippen LogP contribution >= 0.6 is 15.9 Å². The molecule has 0 atom stereocenters. The van der Waals surface area contributed by atoms with Crippen molar-refractivity contribution < 1.29 is 4.79 Å². The average Bonchev–Trinajstić information content (AvgIpc) is 2.62. The minimum atomic E-state index is -0.248. The lowest BCUT2D eigenvalue weighted by Gasteiger charge is -2.11. The Kier molecular flexibility index (Phi) is 5.38. The van der Waals surface area contributed by atoms with Crippen LogP contribution in [0.2, 0.25) is 0 Å². The lowest BCUT2D eigenvalue weighted by molar-refractivity contribution is 0.102. The van der Waals surface area contributed by atoms with E-state index in [0.717, 1.165) is 21.2 Å². The van der Waals surface area contributed by atoms with Crippen LogP contribution in [-0.4, -0.2) is 10.5 Å². The Morgan fingerprint density at radius 2 is 1.77 bits per heavy atom. The van der Waals surface area contributed by atoms with E-state index < -0.39 is 0 Å². The summed E-state index contributed by atoms with van der Waals surface area (Å²) in [6, 6.07) is 16.5. The van der Waals surface area contributed by atoms with Gasteiger partial charge >= 0.3 is 0 Å². The van der Waals surface area contributed by atoms with Crippen LogP contribution in [0, 0.1) is 13.8 Å². The lowest BCUT2D eigenvalue weighted by atomic mass is 10.1. The van der Waals surface area contributed by atoms with Crippen LogP contribution in [0.4, 0.5) is 5.69 Å². The molecular weight excluding hydrogens is 392 g/mol. The summed E-state index contributed by atoms with van der Waals surface area (Å²) in [5.74, 6) is -0.248. The van der Waals surface area contributed by atoms with Crippen LogP contribution in [-0.2, 0) is 6.54 Å². The summed E-state index contributed by atoms with van der Waals surface area (Å²) in [5, 5.41) is 2.84. The molecule has 0 radical (unpaired) electrons. The molecule has 1 N–H and O–H groups in total. The summed E-state index contributed by atoms with van der Waals surface area (Å²) < 4.78 is 2.51. The lowest BCUT2D eigenvalue weighted by Crippen LogP contribution is -2.23. The fourth-order valence-corrected chi connectivity index (χ4v) is 2.94. The van der Waals surface area contributed by atoms with Gasteiger partial charge in [-0.05, 0) is 55.3 Å². The number of anilines is 1. The van der Waals surface area contributed by atoms with E-state index in [0.29, 0.717) is 17.8 Å². The molecule has 1 aromatic heterocycles. The molecule has 0 saturated heterocycles. The van der Waals surface area contributed by atoms with Gasteiger partial charge < -0.3 is 9.88 Å². The van der Waals surface area contributed by atoms with E-state index in [-0.39, 0.29) is 11.5 Å². The summed E-state index contributed by atoms with van der Waals surface area (Å²) in [6.45, 7) is 4.48. The fourth-order valence-electron chi connectivity index (χ4n) is 2.68. The Morgan fingerprint density at radius 3 is 2.50 bits per heavy atom. The number of carbonyl (C=O) groups excluding carboxylic acids is 1. The van der Waals surface area contributed by atoms with Crippen molar-refractivity contribution in [3.05, 3.63) is 97.9 Å². The molecule has 2 aromatic carbocycles. The maximum Gasteiger partial charge on any atom is 0.257 e. The molecular formula is C21H19BrN2O2. The molecule has 3 aromatic rings. The van der Waals surface area contributed by atoms with Crippen LogP contribution in [0.15, 0.2) is 70.1 Å². The predicted octanol–water partition coefficient (Wildman–Crippen LogP) is 4.53. The molecule has 0 aliphatic rings. The minimum Gasteiger partial charge on any atom is -0.322 e. The number of nitrogens with one attached hydrogen (secondary N) is 1. The van der Waals surface area contributed by atoms with Gasteiger partial charge in [-0.2, -0.15) is 0 Å². The number of benzene rings is 2. The van der Waals surface area contributed by atoms with Crippen molar-refractivity contribution in [1.82, 2.24) is 4.57 Å². The first-order valence-electron chi connectivity index (χ1n) is 8.26. The number of aryl methyl sites for hydroxylation is 2. The fraction of sp³-hybridized carbons (Fsp3) is 0.143. The Bertz CT molecular complexity index is 1010. The zero-order valence-corrected chi connectivity index (χ0v) is 16.2. The SMILES string of the molecule is Cc1ccc(C)c(Cn2cc(C(=O)Nc3ccc(Br)cc3)ccc2=O)c1. The van der Waals surface area contributed by atoms with Crippen molar-refractivity contribution in [3.8, 4) is 0 Å². The first-order chi connectivity index (χ1) is 12.4. The van der Waals surface area contributed by atoms with Crippen LogP contribution in [0.3, 0.4) is 0 Å². The molecule has 0 unspecified atom stereocenters. The van der Waals surface area contributed by atoms with Gasteiger partial charge in [0.25, 0.3) is 11.5 Å². The minimum absolute atomic E-state index is 0.133. The number of amides is 1. The second-order valence-electron chi connectivity index (χ2n) is 6.27. The summed E-state index contributed by atoms with van der Waals surface area (Å²) in [4.78, 5) is 24.7. The maximum absolute atomic E-state index is 12.5. The highest BCUT2D eigenvalue weighted by molar-refractivity contribution is 9.10. The molecule has 26 heavy (non-hydrogen) atoms. The maximum atomic E-state index is 12.5. The van der Waals surface area contributed by atoms with Gasteiger partial charge in [-0.1, -0.05) is 39.7 Å². The standard InChI is InChI=1S/C21H19BrN2O2/c1-14-3-4-15(2)17(11-14)13-24-12-16(5-10-20(24)25)21(26)23-19-8-6-18(22)7-9-19/h3-12H,13H2,1-2H3,(H,23,26). The van der Waals surface area contributed by atoms with Crippen molar-refractivity contribution in [2.45, 2.75) is 20.4 Å². The van der Waals surface area contributed by atoms with Crippen molar-refractivity contribution in [3.63, 3.8) is 0 Å². The summed E-state index contributed by atoms with van der Waals surface area (Å²) in [6.07, 6.45) is 1.61. The van der Waals surface area contributed by atoms with Crippen LogP contribution in [0.5, 0.6) is 0 Å². The molecule has 0 aliphatic carbocycles. The number of carbonyl (C=O) groups is 1. The third-order valence-corrected chi connectivity index (χ3v) is 4.72. The van der Waals surface area contributed by atoms with Gasteiger partial charge in [0.05, 0.1) is 12.1 Å². The summed E-state index contributed by atoms with van der Waals surface area (Å²) >= 11 is 3.37. The van der Waals surface area contributed by atoms with E-state index in [9.17, 15) is 9.59 Å². The summed E-state index contributed by atoms with van der Waals surface area (Å²) in [5.41, 5.74) is 4.34. The molecule has 0 saturated carbocycles. The van der Waals surface area contributed by atoms with E-state index in [4.69, 9.17) is 0 Å². The number of pyridine rings is 1. The number of halogens is 1. The molecule has 0 aliphatic heterocycles. The number of nitrogens with zero attached hydrogens (tertiary/aromatic N) is 1. The van der Waals surface area contributed by atoms with Gasteiger partial charge in [0.2, 0.25) is 0 Å². The monoisotopic (exact) mass is 410 g/mol. The zero-order valence-electron chi connectivity index (χ0n) is 14.6. The first-order valence-corrected chi connectivity index (χ1v) is 9.05. The highest BCUT2D eigenvalue weighted by Gasteiger charge is 2.09. The second kappa shape index (κ2) is 7.70. The molecule has 132 valence electrons. The molecule has 3 rings (SSSR count). The smallest absolute Gasteiger partial charge is 0.257 e. The predicted molar refractivity (Wildman–Crippen MR) is 108 cm³/mol. The van der Waals surface area contributed by atoms with Crippen molar-refractivity contribution in [2.24, 2.45) is 0 Å². The van der Waals surface area contributed by atoms with Gasteiger partial charge in [-0.3, -0.25) is 9.59 Å². The van der Waals surface area contributed by atoms with E-state index in [2.05, 4.69) is 27.3 Å². The molecule has 5 heteroatoms. The first kappa shape index (κ1) is 18.1. The second-order valence-corrected chi connectivity index (χ2v) is 7.19. The van der Waals surface area contributed by atoms with Crippen molar-refractivity contribution >= 4 is 27.5 Å². The Labute approximate surface area is 160 Å². The third-order valence-electron chi connectivity index (χ3n) is 4.19. The molecule has 0 fully saturated rings. The van der Waals surface area contributed by atoms with Gasteiger partial charge in [0.1, 0.15) is 0 Å². The topological polar surface area (TPSA) is 51.1 Å². The average molecular weight is 411 g/mol. The van der Waals surface area contributed by atoms with Gasteiger partial charge in [0, 0.05) is 22.4 Å². The summed E-state index contributed by atoms with van der Waals surface area (Å²) in [7, 11) is 0. The Morgan fingerprint density at radius 1 is 1.04 bits per heavy atom. The van der Waals surface area contributed by atoms with E-state index in [1.54, 1.807) is 16.8 Å². The van der Waals surface area contributed by atoms with Crippen molar-refractivity contribution in [1.29, 1.82) is 0 Å². The number of aromatic nitrogens is 1. The molecule has 0 spiro atoms. The normalized spacial score (nSPS) is 10.6. The molecule has 0 bridgehead atoms. The van der Waals surface area contributed by atoms with Gasteiger partial charge in [0.15, 0.2) is 0 Å². The quantitative estimate of drug-likeness (QED) is 0.686. The van der Waals surface area contributed by atoms with Crippen LogP contribution < -0.4 is 10.9 Å². The number of rotatable bonds is 4. The largest absolute Gasteiger partial charge is 0.322 e. The highest BCUT2D eigenvalue weighted by atomic mass is 79.9. The van der Waals surface area contributed by atoms with Gasteiger partial charge in [-0.25, -0.2) is 0 Å². The Hall–Kier alpha value is -2.66.